The summed E-state index contributed by atoms with van der Waals surface area (Å²) in [5, 5.41) is 8.97. The second-order valence-electron chi connectivity index (χ2n) is 3.80. The largest absolute Gasteiger partial charge is 0.478 e. The summed E-state index contributed by atoms with van der Waals surface area (Å²) in [6.07, 6.45) is 1.18. The topological polar surface area (TPSA) is 103 Å². The predicted molar refractivity (Wildman–Crippen MR) is 66.2 cm³/mol. The third-order valence-electron chi connectivity index (χ3n) is 2.41. The van der Waals surface area contributed by atoms with Crippen molar-refractivity contribution >= 4 is 11.9 Å². The highest BCUT2D eigenvalue weighted by molar-refractivity contribution is 5.92. The number of nitrogens with two attached hydrogens (primary N) is 1. The molecule has 0 saturated carbocycles. The highest BCUT2D eigenvalue weighted by Gasteiger charge is 2.13. The molecule has 102 valence electrons. The smallest absolute Gasteiger partial charge is 0.339 e. The quantitative estimate of drug-likeness (QED) is 0.886. The molecule has 0 radical (unpaired) electrons. The summed E-state index contributed by atoms with van der Waals surface area (Å²) in [6, 6.07) is 5.73. The number of rotatable bonds is 4. The lowest BCUT2D eigenvalue weighted by molar-refractivity contribution is 0.0693. The van der Waals surface area contributed by atoms with Gasteiger partial charge in [0.25, 0.3) is 0 Å². The van der Waals surface area contributed by atoms with E-state index in [1.54, 1.807) is 0 Å². The van der Waals surface area contributed by atoms with Gasteiger partial charge in [0.2, 0.25) is 11.8 Å². The molecule has 0 unspecified atom stereocenters. The third kappa shape index (κ3) is 2.89. The van der Waals surface area contributed by atoms with E-state index in [2.05, 4.69) is 4.98 Å². The van der Waals surface area contributed by atoms with Crippen molar-refractivity contribution < 1.29 is 23.8 Å². The molecule has 0 fully saturated rings. The molecule has 0 bridgehead atoms. The molecular formula is C13H9FN2O4. The van der Waals surface area contributed by atoms with Gasteiger partial charge in [0.1, 0.15) is 17.1 Å². The van der Waals surface area contributed by atoms with E-state index in [0.29, 0.717) is 0 Å². The Balaban J connectivity index is 2.31. The molecule has 1 amide bonds. The summed E-state index contributed by atoms with van der Waals surface area (Å²) in [6.45, 7) is 0. The molecule has 7 heteroatoms. The summed E-state index contributed by atoms with van der Waals surface area (Å²) < 4.78 is 18.3. The van der Waals surface area contributed by atoms with Crippen LogP contribution in [0.3, 0.4) is 0 Å². The van der Waals surface area contributed by atoms with Crippen molar-refractivity contribution in [2.75, 3.05) is 0 Å². The van der Waals surface area contributed by atoms with Crippen LogP contribution in [0.25, 0.3) is 0 Å². The van der Waals surface area contributed by atoms with Gasteiger partial charge in [-0.2, -0.15) is 0 Å². The van der Waals surface area contributed by atoms with Crippen LogP contribution < -0.4 is 10.5 Å². The van der Waals surface area contributed by atoms with Gasteiger partial charge in [0.05, 0.1) is 5.56 Å². The number of carbonyl (C=O) groups excluding carboxylic acids is 1. The minimum Gasteiger partial charge on any atom is -0.478 e. The zero-order valence-electron chi connectivity index (χ0n) is 10.0. The van der Waals surface area contributed by atoms with Crippen molar-refractivity contribution in [2.24, 2.45) is 5.73 Å². The maximum Gasteiger partial charge on any atom is 0.339 e. The number of nitrogens with zero attached hydrogens (tertiary/aromatic N) is 1. The van der Waals surface area contributed by atoms with Crippen LogP contribution in [-0.2, 0) is 0 Å². The summed E-state index contributed by atoms with van der Waals surface area (Å²) in [5.74, 6) is -2.71. The summed E-state index contributed by atoms with van der Waals surface area (Å²) in [7, 11) is 0. The SMILES string of the molecule is NC(=O)c1ccc(Oc2cc(F)ccc2C(=O)O)nc1. The van der Waals surface area contributed by atoms with Crippen LogP contribution in [0.15, 0.2) is 36.5 Å². The standard InChI is InChI=1S/C13H9FN2O4/c14-8-2-3-9(13(18)19)10(5-8)20-11-4-1-7(6-16-11)12(15)17/h1-6H,(H2,15,17)(H,18,19). The van der Waals surface area contributed by atoms with E-state index in [1.165, 1.54) is 18.3 Å². The van der Waals surface area contributed by atoms with Gasteiger partial charge in [-0.05, 0) is 18.2 Å². The van der Waals surface area contributed by atoms with E-state index in [9.17, 15) is 14.0 Å². The van der Waals surface area contributed by atoms with Crippen LogP contribution in [0.1, 0.15) is 20.7 Å². The van der Waals surface area contributed by atoms with E-state index in [4.69, 9.17) is 15.6 Å². The van der Waals surface area contributed by atoms with Gasteiger partial charge in [-0.3, -0.25) is 4.79 Å². The average molecular weight is 276 g/mol. The van der Waals surface area contributed by atoms with Crippen molar-refractivity contribution in [3.05, 3.63) is 53.5 Å². The number of benzene rings is 1. The molecule has 0 saturated heterocycles. The normalized spacial score (nSPS) is 10.1. The number of halogens is 1. The molecule has 0 aliphatic heterocycles. The van der Waals surface area contributed by atoms with Gasteiger partial charge in [-0.25, -0.2) is 14.2 Å². The number of carboxylic acid groups (broad SMARTS) is 1. The fourth-order valence-corrected chi connectivity index (χ4v) is 1.46. The Labute approximate surface area is 112 Å². The van der Waals surface area contributed by atoms with Crippen molar-refractivity contribution in [3.63, 3.8) is 0 Å². The van der Waals surface area contributed by atoms with Crippen molar-refractivity contribution in [1.29, 1.82) is 0 Å². The van der Waals surface area contributed by atoms with E-state index in [0.717, 1.165) is 18.2 Å². The number of carbonyl (C=O) groups is 2. The maximum absolute atomic E-state index is 13.1. The first-order chi connectivity index (χ1) is 9.47. The van der Waals surface area contributed by atoms with E-state index < -0.39 is 17.7 Å². The van der Waals surface area contributed by atoms with Crippen LogP contribution >= 0.6 is 0 Å². The number of ether oxygens (including phenoxy) is 1. The van der Waals surface area contributed by atoms with E-state index in [-0.39, 0.29) is 22.8 Å². The van der Waals surface area contributed by atoms with Crippen molar-refractivity contribution in [3.8, 4) is 11.6 Å². The number of pyridine rings is 1. The molecule has 0 aliphatic rings. The summed E-state index contributed by atoms with van der Waals surface area (Å²) in [5.41, 5.74) is 5.03. The van der Waals surface area contributed by atoms with Gasteiger partial charge in [0, 0.05) is 18.3 Å². The molecule has 0 spiro atoms. The van der Waals surface area contributed by atoms with Crippen LogP contribution in [0, 0.1) is 5.82 Å². The van der Waals surface area contributed by atoms with Crippen LogP contribution in [-0.4, -0.2) is 22.0 Å². The zero-order chi connectivity index (χ0) is 14.7. The number of amides is 1. The highest BCUT2D eigenvalue weighted by Crippen LogP contribution is 2.25. The second-order valence-corrected chi connectivity index (χ2v) is 3.80. The molecule has 0 aliphatic carbocycles. The zero-order valence-corrected chi connectivity index (χ0v) is 10.0. The van der Waals surface area contributed by atoms with E-state index in [1.807, 2.05) is 0 Å². The molecule has 0 atom stereocenters. The lowest BCUT2D eigenvalue weighted by Crippen LogP contribution is -2.11. The summed E-state index contributed by atoms with van der Waals surface area (Å²) in [4.78, 5) is 25.6. The Morgan fingerprint density at radius 1 is 1.25 bits per heavy atom. The molecule has 3 N–H and O–H groups in total. The Kier molecular flexibility index (Phi) is 3.60. The molecule has 2 aromatic rings. The first-order valence-electron chi connectivity index (χ1n) is 5.44. The first kappa shape index (κ1) is 13.5. The molecule has 1 aromatic carbocycles. The lowest BCUT2D eigenvalue weighted by atomic mass is 10.2. The molecule has 1 heterocycles. The number of aromatic nitrogens is 1. The molecule has 20 heavy (non-hydrogen) atoms. The lowest BCUT2D eigenvalue weighted by Gasteiger charge is -2.08. The number of hydrogen-bond donors (Lipinski definition) is 2. The first-order valence-corrected chi connectivity index (χ1v) is 5.44. The minimum absolute atomic E-state index is 0.0168. The third-order valence-corrected chi connectivity index (χ3v) is 2.41. The summed E-state index contributed by atoms with van der Waals surface area (Å²) >= 11 is 0. The Morgan fingerprint density at radius 3 is 2.55 bits per heavy atom. The van der Waals surface area contributed by atoms with Gasteiger partial charge < -0.3 is 15.6 Å². The molecule has 6 nitrogen and oxygen atoms in total. The number of primary amides is 1. The fraction of sp³-hybridized carbons (Fsp3) is 0. The van der Waals surface area contributed by atoms with Gasteiger partial charge >= 0.3 is 5.97 Å². The monoisotopic (exact) mass is 276 g/mol. The van der Waals surface area contributed by atoms with Gasteiger partial charge in [-0.15, -0.1) is 0 Å². The average Bonchev–Trinajstić information content (AvgIpc) is 2.39. The second kappa shape index (κ2) is 5.35. The van der Waals surface area contributed by atoms with Gasteiger partial charge in [-0.1, -0.05) is 0 Å². The van der Waals surface area contributed by atoms with Crippen molar-refractivity contribution in [1.82, 2.24) is 4.98 Å². The van der Waals surface area contributed by atoms with Crippen LogP contribution in [0.4, 0.5) is 4.39 Å². The number of carboxylic acids is 1. The Bertz CT molecular complexity index is 671. The van der Waals surface area contributed by atoms with E-state index >= 15 is 0 Å². The van der Waals surface area contributed by atoms with Gasteiger partial charge in [0.15, 0.2) is 0 Å². The Hall–Kier alpha value is -2.96. The maximum atomic E-state index is 13.1. The molecular weight excluding hydrogens is 267 g/mol. The minimum atomic E-state index is -1.26. The van der Waals surface area contributed by atoms with Crippen LogP contribution in [0.5, 0.6) is 11.6 Å². The highest BCUT2D eigenvalue weighted by atomic mass is 19.1. The van der Waals surface area contributed by atoms with Crippen molar-refractivity contribution in [2.45, 2.75) is 0 Å². The van der Waals surface area contributed by atoms with Crippen LogP contribution in [0.2, 0.25) is 0 Å². The molecule has 1 aromatic heterocycles. The Morgan fingerprint density at radius 2 is 2.00 bits per heavy atom. The molecule has 2 rings (SSSR count). The predicted octanol–water partition coefficient (Wildman–Crippen LogP) is 1.81. The number of aromatic carboxylic acids is 1. The fourth-order valence-electron chi connectivity index (χ4n) is 1.46. The number of hydrogen-bond acceptors (Lipinski definition) is 4.